The topological polar surface area (TPSA) is 29.5 Å². The van der Waals surface area contributed by atoms with Crippen molar-refractivity contribution in [2.45, 2.75) is 32.5 Å². The van der Waals surface area contributed by atoms with Gasteiger partial charge in [0.05, 0.1) is 6.10 Å². The average molecular weight is 370 g/mol. The van der Waals surface area contributed by atoms with E-state index < -0.39 is 5.60 Å². The lowest BCUT2D eigenvalue weighted by Gasteiger charge is -2.28. The number of para-hydroxylation sites is 1. The monoisotopic (exact) mass is 368 g/mol. The Bertz CT molecular complexity index is 638. The zero-order valence-electron chi connectivity index (χ0n) is 12.2. The summed E-state index contributed by atoms with van der Waals surface area (Å²) in [7, 11) is 0. The number of benzene rings is 2. The first-order valence-corrected chi connectivity index (χ1v) is 7.93. The molecule has 0 amide bonds. The SMILES string of the molecule is CC(C)Oc1ccccc1C(C)(O)c1ccc(Br)cc1Cl. The van der Waals surface area contributed by atoms with E-state index in [1.807, 2.05) is 50.2 Å². The highest BCUT2D eigenvalue weighted by molar-refractivity contribution is 9.10. The zero-order chi connectivity index (χ0) is 15.6. The first-order chi connectivity index (χ1) is 9.82. The Morgan fingerprint density at radius 2 is 1.81 bits per heavy atom. The highest BCUT2D eigenvalue weighted by atomic mass is 79.9. The van der Waals surface area contributed by atoms with Gasteiger partial charge in [-0.25, -0.2) is 0 Å². The Morgan fingerprint density at radius 3 is 2.43 bits per heavy atom. The van der Waals surface area contributed by atoms with Gasteiger partial charge in [-0.1, -0.05) is 51.8 Å². The van der Waals surface area contributed by atoms with Gasteiger partial charge in [-0.3, -0.25) is 0 Å². The van der Waals surface area contributed by atoms with E-state index in [1.54, 1.807) is 13.0 Å². The van der Waals surface area contributed by atoms with E-state index in [9.17, 15) is 5.11 Å². The number of aliphatic hydroxyl groups is 1. The lowest BCUT2D eigenvalue weighted by molar-refractivity contribution is 0.0959. The third kappa shape index (κ3) is 3.60. The van der Waals surface area contributed by atoms with Crippen molar-refractivity contribution in [3.05, 3.63) is 63.1 Å². The molecule has 4 heteroatoms. The number of halogens is 2. The van der Waals surface area contributed by atoms with Crippen LogP contribution in [0.2, 0.25) is 5.02 Å². The minimum absolute atomic E-state index is 0.0299. The fraction of sp³-hybridized carbons (Fsp3) is 0.294. The van der Waals surface area contributed by atoms with E-state index in [4.69, 9.17) is 16.3 Å². The van der Waals surface area contributed by atoms with E-state index in [2.05, 4.69) is 15.9 Å². The molecule has 2 aromatic rings. The molecule has 2 rings (SSSR count). The highest BCUT2D eigenvalue weighted by Crippen LogP contribution is 2.39. The van der Waals surface area contributed by atoms with Crippen LogP contribution in [-0.4, -0.2) is 11.2 Å². The lowest BCUT2D eigenvalue weighted by atomic mass is 9.87. The Hall–Kier alpha value is -1.03. The molecule has 21 heavy (non-hydrogen) atoms. The fourth-order valence-electron chi connectivity index (χ4n) is 2.25. The molecule has 112 valence electrons. The van der Waals surface area contributed by atoms with Crippen LogP contribution < -0.4 is 4.74 Å². The Morgan fingerprint density at radius 1 is 1.14 bits per heavy atom. The van der Waals surface area contributed by atoms with Crippen molar-refractivity contribution in [1.82, 2.24) is 0 Å². The second-order valence-corrected chi connectivity index (χ2v) is 6.68. The van der Waals surface area contributed by atoms with Crippen molar-refractivity contribution in [1.29, 1.82) is 0 Å². The van der Waals surface area contributed by atoms with Crippen LogP contribution >= 0.6 is 27.5 Å². The molecular weight excluding hydrogens is 352 g/mol. The van der Waals surface area contributed by atoms with Crippen LogP contribution in [-0.2, 0) is 5.60 Å². The van der Waals surface area contributed by atoms with Crippen molar-refractivity contribution in [2.75, 3.05) is 0 Å². The Balaban J connectivity index is 2.53. The molecule has 0 aliphatic heterocycles. The third-order valence-electron chi connectivity index (χ3n) is 3.23. The van der Waals surface area contributed by atoms with E-state index >= 15 is 0 Å². The van der Waals surface area contributed by atoms with Gasteiger partial charge in [-0.2, -0.15) is 0 Å². The Labute approximate surface area is 138 Å². The zero-order valence-corrected chi connectivity index (χ0v) is 14.6. The fourth-order valence-corrected chi connectivity index (χ4v) is 3.11. The maximum absolute atomic E-state index is 11.0. The van der Waals surface area contributed by atoms with Crippen LogP contribution in [0.3, 0.4) is 0 Å². The minimum Gasteiger partial charge on any atom is -0.491 e. The molecule has 0 aromatic heterocycles. The van der Waals surface area contributed by atoms with Crippen molar-refractivity contribution in [3.63, 3.8) is 0 Å². The van der Waals surface area contributed by atoms with Gasteiger partial charge in [0, 0.05) is 20.6 Å². The lowest BCUT2D eigenvalue weighted by Crippen LogP contribution is -2.25. The molecule has 1 N–H and O–H groups in total. The van der Waals surface area contributed by atoms with Crippen molar-refractivity contribution in [2.24, 2.45) is 0 Å². The maximum atomic E-state index is 11.0. The molecule has 0 radical (unpaired) electrons. The summed E-state index contributed by atoms with van der Waals surface area (Å²) in [6.45, 7) is 5.64. The molecule has 2 nitrogen and oxygen atoms in total. The molecule has 1 atom stereocenters. The van der Waals surface area contributed by atoms with Crippen LogP contribution in [0.4, 0.5) is 0 Å². The summed E-state index contributed by atoms with van der Waals surface area (Å²) in [5.74, 6) is 0.663. The second-order valence-electron chi connectivity index (χ2n) is 5.36. The number of rotatable bonds is 4. The summed E-state index contributed by atoms with van der Waals surface area (Å²) >= 11 is 9.67. The smallest absolute Gasteiger partial charge is 0.126 e. The van der Waals surface area contributed by atoms with Crippen LogP contribution in [0.5, 0.6) is 5.75 Å². The number of hydrogen-bond acceptors (Lipinski definition) is 2. The first-order valence-electron chi connectivity index (χ1n) is 6.76. The van der Waals surface area contributed by atoms with Crippen molar-refractivity contribution in [3.8, 4) is 5.75 Å². The molecule has 0 fully saturated rings. The summed E-state index contributed by atoms with van der Waals surface area (Å²) in [4.78, 5) is 0. The normalized spacial score (nSPS) is 14.0. The molecule has 0 aliphatic rings. The molecule has 0 spiro atoms. The van der Waals surface area contributed by atoms with Gasteiger partial charge < -0.3 is 9.84 Å². The van der Waals surface area contributed by atoms with E-state index in [0.717, 1.165) is 4.47 Å². The molecule has 0 bridgehead atoms. The molecule has 0 saturated carbocycles. The molecule has 2 aromatic carbocycles. The maximum Gasteiger partial charge on any atom is 0.126 e. The molecule has 0 heterocycles. The van der Waals surface area contributed by atoms with Gasteiger partial charge in [0.1, 0.15) is 11.4 Å². The molecule has 0 saturated heterocycles. The molecule has 0 aliphatic carbocycles. The van der Waals surface area contributed by atoms with Gasteiger partial charge >= 0.3 is 0 Å². The van der Waals surface area contributed by atoms with Crippen molar-refractivity contribution >= 4 is 27.5 Å². The third-order valence-corrected chi connectivity index (χ3v) is 4.04. The van der Waals surface area contributed by atoms with E-state index in [-0.39, 0.29) is 6.10 Å². The molecular formula is C17H18BrClO2. The van der Waals surface area contributed by atoms with E-state index in [0.29, 0.717) is 21.9 Å². The van der Waals surface area contributed by atoms with E-state index in [1.165, 1.54) is 0 Å². The minimum atomic E-state index is -1.23. The Kier molecular flexibility index (Phi) is 4.97. The predicted octanol–water partition coefficient (Wildman–Crippen LogP) is 5.15. The predicted molar refractivity (Wildman–Crippen MR) is 90.0 cm³/mol. The van der Waals surface area contributed by atoms with Crippen LogP contribution in [0.15, 0.2) is 46.9 Å². The quantitative estimate of drug-likeness (QED) is 0.808. The van der Waals surface area contributed by atoms with Gasteiger partial charge in [0.15, 0.2) is 0 Å². The summed E-state index contributed by atoms with van der Waals surface area (Å²) in [5, 5.41) is 11.6. The second kappa shape index (κ2) is 6.39. The molecule has 1 unspecified atom stereocenters. The van der Waals surface area contributed by atoms with Crippen LogP contribution in [0.1, 0.15) is 31.9 Å². The van der Waals surface area contributed by atoms with Gasteiger partial charge in [0.25, 0.3) is 0 Å². The van der Waals surface area contributed by atoms with Gasteiger partial charge in [0.2, 0.25) is 0 Å². The van der Waals surface area contributed by atoms with Crippen molar-refractivity contribution < 1.29 is 9.84 Å². The number of ether oxygens (including phenoxy) is 1. The first kappa shape index (κ1) is 16.3. The average Bonchev–Trinajstić information content (AvgIpc) is 2.37. The summed E-state index contributed by atoms with van der Waals surface area (Å²) in [6, 6.07) is 12.9. The van der Waals surface area contributed by atoms with Gasteiger partial charge in [-0.15, -0.1) is 0 Å². The summed E-state index contributed by atoms with van der Waals surface area (Å²) in [5.41, 5.74) is 0.110. The van der Waals surface area contributed by atoms with Gasteiger partial charge in [-0.05, 0) is 39.0 Å². The standard InChI is InChI=1S/C17H18BrClO2/c1-11(2)21-16-7-5-4-6-14(16)17(3,20)13-9-8-12(18)10-15(13)19/h4-11,20H,1-3H3. The van der Waals surface area contributed by atoms with Crippen LogP contribution in [0.25, 0.3) is 0 Å². The largest absolute Gasteiger partial charge is 0.491 e. The summed E-state index contributed by atoms with van der Waals surface area (Å²) < 4.78 is 6.68. The summed E-state index contributed by atoms with van der Waals surface area (Å²) in [6.07, 6.45) is 0.0299. The number of hydrogen-bond donors (Lipinski definition) is 1. The highest BCUT2D eigenvalue weighted by Gasteiger charge is 2.31. The van der Waals surface area contributed by atoms with Crippen LogP contribution in [0, 0.1) is 0 Å².